The maximum absolute atomic E-state index is 4.60. The molecular weight excluding hydrogens is 498 g/mol. The highest BCUT2D eigenvalue weighted by Crippen LogP contribution is 2.51. The van der Waals surface area contributed by atoms with Crippen LogP contribution in [0.2, 0.25) is 0 Å². The number of hydrogen-bond donors (Lipinski definition) is 3. The van der Waals surface area contributed by atoms with E-state index in [2.05, 4.69) is 114 Å². The van der Waals surface area contributed by atoms with Gasteiger partial charge in [0.15, 0.2) is 0 Å². The van der Waals surface area contributed by atoms with Gasteiger partial charge in [-0.2, -0.15) is 0 Å². The number of rotatable bonds is 8. The van der Waals surface area contributed by atoms with E-state index in [4.69, 9.17) is 0 Å². The Morgan fingerprint density at radius 2 is 1.10 bits per heavy atom. The van der Waals surface area contributed by atoms with Crippen molar-refractivity contribution in [3.63, 3.8) is 0 Å². The lowest BCUT2D eigenvalue weighted by Crippen LogP contribution is -2.38. The van der Waals surface area contributed by atoms with Crippen LogP contribution < -0.4 is 17.0 Å². The van der Waals surface area contributed by atoms with Crippen LogP contribution in [0.15, 0.2) is 0 Å². The molecule has 0 bridgehead atoms. The minimum atomic E-state index is 0.502. The minimum Gasteiger partial charge on any atom is -0.333 e. The molecule has 3 heteroatoms. The molecule has 2 fully saturated rings. The molecule has 0 spiro atoms. The molecule has 0 aromatic rings. The Morgan fingerprint density at radius 1 is 0.732 bits per heavy atom. The monoisotopic (exact) mass is 582 g/mol. The molecule has 0 amide bonds. The van der Waals surface area contributed by atoms with Crippen molar-refractivity contribution < 1.29 is 0 Å². The first-order valence-electron chi connectivity index (χ1n) is 17.9. The van der Waals surface area contributed by atoms with Crippen molar-refractivity contribution >= 4 is 0 Å². The molecule has 41 heavy (non-hydrogen) atoms. The SMILES string of the molecule is CC1CC(C2CCC(C(C)(C)C)C(C)C2)CCC1C(C)(C)C.CCCC(C)CC(C(C)C)C(C)CC.CN.CNN. The number of nitrogens with one attached hydrogen (secondary N) is 1. The van der Waals surface area contributed by atoms with Gasteiger partial charge in [-0.1, -0.05) is 116 Å². The van der Waals surface area contributed by atoms with Crippen LogP contribution in [-0.2, 0) is 0 Å². The predicted octanol–water partition coefficient (Wildman–Crippen LogP) is 11.0. The largest absolute Gasteiger partial charge is 0.333 e. The number of hydrogen-bond acceptors (Lipinski definition) is 3. The average Bonchev–Trinajstić information content (AvgIpc) is 2.87. The molecule has 3 nitrogen and oxygen atoms in total. The molecule has 9 atom stereocenters. The maximum Gasteiger partial charge on any atom is -0.00172 e. The molecule has 0 aromatic carbocycles. The Hall–Kier alpha value is -0.120. The lowest BCUT2D eigenvalue weighted by atomic mass is 9.58. The second-order valence-corrected chi connectivity index (χ2v) is 16.8. The molecule has 0 aliphatic heterocycles. The summed E-state index contributed by atoms with van der Waals surface area (Å²) in [7, 11) is 3.15. The fraction of sp³-hybridized carbons (Fsp3) is 1.00. The maximum atomic E-state index is 4.60. The van der Waals surface area contributed by atoms with E-state index >= 15 is 0 Å². The highest BCUT2D eigenvalue weighted by atomic mass is 15.2. The zero-order valence-electron chi connectivity index (χ0n) is 31.5. The molecule has 5 N–H and O–H groups in total. The van der Waals surface area contributed by atoms with Gasteiger partial charge in [-0.05, 0) is 129 Å². The van der Waals surface area contributed by atoms with Gasteiger partial charge in [-0.15, -0.1) is 0 Å². The molecule has 0 saturated heterocycles. The van der Waals surface area contributed by atoms with E-state index in [0.29, 0.717) is 10.8 Å². The standard InChI is InChI=1S/C22H42.C14H30.CH6N2.CH5N/c1-15-13-17(9-11-19(15)21(3,4)5)18-10-12-20(16(2)14-18)22(6,7)8;1-7-9-12(5)10-14(11(3)4)13(6)8-2;1-3-2;1-2/h15-20H,9-14H2,1-8H3;11-14H,7-10H2,1-6H3;3H,2H2,1H3;2H2,1H3. The molecule has 0 aromatic heterocycles. The smallest absolute Gasteiger partial charge is 0.00172 e. The van der Waals surface area contributed by atoms with E-state index in [1.807, 2.05) is 0 Å². The normalized spacial score (nSPS) is 29.0. The second kappa shape index (κ2) is 21.6. The Labute approximate surface area is 261 Å². The first-order valence-corrected chi connectivity index (χ1v) is 17.9. The van der Waals surface area contributed by atoms with Crippen molar-refractivity contribution in [2.75, 3.05) is 14.1 Å². The van der Waals surface area contributed by atoms with Crippen LogP contribution in [0.3, 0.4) is 0 Å². The summed E-state index contributed by atoms with van der Waals surface area (Å²) in [6, 6.07) is 0. The lowest BCUT2D eigenvalue weighted by molar-refractivity contribution is 0.0250. The second-order valence-electron chi connectivity index (χ2n) is 16.8. The van der Waals surface area contributed by atoms with E-state index < -0.39 is 0 Å². The van der Waals surface area contributed by atoms with Crippen molar-refractivity contribution in [1.82, 2.24) is 5.43 Å². The van der Waals surface area contributed by atoms with E-state index in [1.165, 1.54) is 71.3 Å². The fourth-order valence-corrected chi connectivity index (χ4v) is 8.84. The summed E-state index contributed by atoms with van der Waals surface area (Å²) in [4.78, 5) is 0. The van der Waals surface area contributed by atoms with Crippen LogP contribution in [0.5, 0.6) is 0 Å². The van der Waals surface area contributed by atoms with Gasteiger partial charge in [0.2, 0.25) is 0 Å². The van der Waals surface area contributed by atoms with E-state index in [-0.39, 0.29) is 0 Å². The van der Waals surface area contributed by atoms with Gasteiger partial charge < -0.3 is 5.73 Å². The zero-order valence-corrected chi connectivity index (χ0v) is 31.5. The number of hydrazine groups is 1. The van der Waals surface area contributed by atoms with Crippen molar-refractivity contribution in [1.29, 1.82) is 0 Å². The Bertz CT molecular complexity index is 566. The van der Waals surface area contributed by atoms with Gasteiger partial charge in [0, 0.05) is 0 Å². The van der Waals surface area contributed by atoms with Crippen LogP contribution >= 0.6 is 0 Å². The Morgan fingerprint density at radius 3 is 1.34 bits per heavy atom. The molecular formula is C38H83N3. The third-order valence-electron chi connectivity index (χ3n) is 11.0. The van der Waals surface area contributed by atoms with Crippen molar-refractivity contribution in [3.05, 3.63) is 0 Å². The van der Waals surface area contributed by atoms with Crippen LogP contribution in [-0.4, -0.2) is 14.1 Å². The van der Waals surface area contributed by atoms with Gasteiger partial charge in [-0.3, -0.25) is 11.3 Å². The third kappa shape index (κ3) is 16.5. The molecule has 250 valence electrons. The Kier molecular flexibility index (Phi) is 22.6. The topological polar surface area (TPSA) is 64.1 Å². The van der Waals surface area contributed by atoms with Crippen LogP contribution in [0, 0.1) is 70.0 Å². The summed E-state index contributed by atoms with van der Waals surface area (Å²) in [6.07, 6.45) is 14.5. The molecule has 2 aliphatic rings. The quantitative estimate of drug-likeness (QED) is 0.197. The van der Waals surface area contributed by atoms with Crippen LogP contribution in [0.1, 0.15) is 161 Å². The van der Waals surface area contributed by atoms with Crippen molar-refractivity contribution in [3.8, 4) is 0 Å². The zero-order chi connectivity index (χ0) is 32.6. The number of nitrogens with two attached hydrogens (primary N) is 2. The summed E-state index contributed by atoms with van der Waals surface area (Å²) < 4.78 is 0. The molecule has 2 rings (SSSR count). The van der Waals surface area contributed by atoms with Gasteiger partial charge in [0.25, 0.3) is 0 Å². The van der Waals surface area contributed by atoms with Gasteiger partial charge in [0.05, 0.1) is 0 Å². The van der Waals surface area contributed by atoms with Crippen LogP contribution in [0.25, 0.3) is 0 Å². The first kappa shape index (κ1) is 43.0. The minimum absolute atomic E-state index is 0.502. The highest BCUT2D eigenvalue weighted by Gasteiger charge is 2.41. The van der Waals surface area contributed by atoms with E-state index in [9.17, 15) is 0 Å². The van der Waals surface area contributed by atoms with Gasteiger partial charge in [-0.25, -0.2) is 0 Å². The molecule has 9 unspecified atom stereocenters. The van der Waals surface area contributed by atoms with Gasteiger partial charge >= 0.3 is 0 Å². The summed E-state index contributed by atoms with van der Waals surface area (Å²) >= 11 is 0. The predicted molar refractivity (Wildman–Crippen MR) is 189 cm³/mol. The van der Waals surface area contributed by atoms with Gasteiger partial charge in [0.1, 0.15) is 0 Å². The summed E-state index contributed by atoms with van der Waals surface area (Å²) in [5, 5.41) is 0. The average molecular weight is 582 g/mol. The first-order chi connectivity index (χ1) is 18.9. The lowest BCUT2D eigenvalue weighted by Gasteiger charge is -2.48. The van der Waals surface area contributed by atoms with Crippen LogP contribution in [0.4, 0.5) is 0 Å². The molecule has 0 radical (unpaired) electrons. The third-order valence-corrected chi connectivity index (χ3v) is 11.0. The highest BCUT2D eigenvalue weighted by molar-refractivity contribution is 4.91. The molecule has 2 aliphatic carbocycles. The van der Waals surface area contributed by atoms with Crippen molar-refractivity contribution in [2.24, 2.45) is 81.6 Å². The van der Waals surface area contributed by atoms with E-state index in [1.54, 1.807) is 7.05 Å². The van der Waals surface area contributed by atoms with Crippen molar-refractivity contribution in [2.45, 2.75) is 161 Å². The summed E-state index contributed by atoms with van der Waals surface area (Å²) in [5.41, 5.74) is 7.75. The molecule has 0 heterocycles. The summed E-state index contributed by atoms with van der Waals surface area (Å²) in [5.74, 6) is 14.0. The fourth-order valence-electron chi connectivity index (χ4n) is 8.84. The Balaban J connectivity index is 0. The van der Waals surface area contributed by atoms with E-state index in [0.717, 1.165) is 59.2 Å². The molecule has 2 saturated carbocycles. The summed E-state index contributed by atoms with van der Waals surface area (Å²) in [6.45, 7) is 34.0.